The van der Waals surface area contributed by atoms with Crippen molar-refractivity contribution in [2.75, 3.05) is 0 Å². The fourth-order valence-electron chi connectivity index (χ4n) is 5.40. The van der Waals surface area contributed by atoms with Crippen molar-refractivity contribution in [3.05, 3.63) is 102 Å². The van der Waals surface area contributed by atoms with Crippen LogP contribution in [0.1, 0.15) is 86.6 Å². The maximum absolute atomic E-state index is 11.6. The molecule has 4 nitrogen and oxygen atoms in total. The molecule has 2 aliphatic rings. The van der Waals surface area contributed by atoms with Crippen LogP contribution in [0, 0.1) is 6.92 Å². The lowest BCUT2D eigenvalue weighted by Crippen LogP contribution is -2.13. The number of hydrogen-bond acceptors (Lipinski definition) is 2. The van der Waals surface area contributed by atoms with Gasteiger partial charge in [-0.05, 0) is 154 Å². The Morgan fingerprint density at radius 2 is 1.59 bits per heavy atom. The molecule has 1 aromatic rings. The highest BCUT2D eigenvalue weighted by molar-refractivity contribution is 6.19. The molecule has 206 valence electrons. The molecule has 4 heteroatoms. The molecule has 39 heavy (non-hydrogen) atoms. The molecule has 0 radical (unpaired) electrons. The first-order chi connectivity index (χ1) is 18.4. The minimum absolute atomic E-state index is 0.0974. The highest BCUT2D eigenvalue weighted by atomic mass is 16.4. The van der Waals surface area contributed by atoms with Gasteiger partial charge < -0.3 is 10.1 Å². The molecule has 3 heterocycles. The molecule has 0 aromatic carbocycles. The number of nitrogens with one attached hydrogen (secondary N) is 1. The van der Waals surface area contributed by atoms with Gasteiger partial charge in [-0.25, -0.2) is 4.99 Å². The zero-order valence-corrected chi connectivity index (χ0v) is 25.2. The Morgan fingerprint density at radius 3 is 2.23 bits per heavy atom. The Balaban J connectivity index is 2.41. The van der Waals surface area contributed by atoms with E-state index >= 15 is 0 Å². The number of aliphatic imine (C=N–C) groups is 1. The fourth-order valence-corrected chi connectivity index (χ4v) is 5.40. The second kappa shape index (κ2) is 12.9. The Kier molecular flexibility index (Phi) is 9.91. The van der Waals surface area contributed by atoms with Crippen LogP contribution in [0.4, 0.5) is 0 Å². The van der Waals surface area contributed by atoms with Crippen LogP contribution in [-0.2, 0) is 4.79 Å². The van der Waals surface area contributed by atoms with Gasteiger partial charge in [0.05, 0.1) is 11.4 Å². The summed E-state index contributed by atoms with van der Waals surface area (Å²) in [5, 5.41) is 11.6. The Labute approximate surface area is 234 Å². The quantitative estimate of drug-likeness (QED) is 0.414. The van der Waals surface area contributed by atoms with Gasteiger partial charge in [-0.1, -0.05) is 25.5 Å². The summed E-state index contributed by atoms with van der Waals surface area (Å²) >= 11 is 0. The fraction of sp³-hybridized carbons (Fsp3) is 0.371. The van der Waals surface area contributed by atoms with Crippen LogP contribution >= 0.6 is 0 Å². The molecular weight excluding hydrogens is 480 g/mol. The molecule has 0 atom stereocenters. The molecule has 0 amide bonds. The average molecular weight is 525 g/mol. The van der Waals surface area contributed by atoms with Gasteiger partial charge in [-0.3, -0.25) is 4.79 Å². The summed E-state index contributed by atoms with van der Waals surface area (Å²) in [6, 6.07) is 2.15. The third-order valence-electron chi connectivity index (χ3n) is 7.77. The van der Waals surface area contributed by atoms with E-state index in [9.17, 15) is 9.90 Å². The Morgan fingerprint density at radius 1 is 0.872 bits per heavy atom. The van der Waals surface area contributed by atoms with Crippen molar-refractivity contribution in [2.24, 2.45) is 4.99 Å². The molecule has 2 N–H and O–H groups in total. The van der Waals surface area contributed by atoms with Gasteiger partial charge >= 0.3 is 5.97 Å². The Hall–Kier alpha value is -3.66. The minimum atomic E-state index is -0.781. The second-order valence-corrected chi connectivity index (χ2v) is 10.8. The van der Waals surface area contributed by atoms with Crippen LogP contribution in [0.3, 0.4) is 0 Å². The van der Waals surface area contributed by atoms with Crippen LogP contribution in [-0.4, -0.2) is 21.8 Å². The molecule has 0 aliphatic carbocycles. The lowest BCUT2D eigenvalue weighted by molar-refractivity contribution is -0.136. The smallest absolute Gasteiger partial charge is 0.303 e. The maximum atomic E-state index is 11.6. The van der Waals surface area contributed by atoms with Gasteiger partial charge in [0.15, 0.2) is 0 Å². The normalized spacial score (nSPS) is 28.2. The molecule has 0 unspecified atom stereocenters. The van der Waals surface area contributed by atoms with Crippen molar-refractivity contribution in [1.82, 2.24) is 4.98 Å². The molecule has 3 rings (SSSR count). The number of rotatable bonds is 5. The van der Waals surface area contributed by atoms with Crippen molar-refractivity contribution >= 4 is 23.8 Å². The molecular formula is C35H44N2O2. The van der Waals surface area contributed by atoms with E-state index < -0.39 is 5.97 Å². The Bertz CT molecular complexity index is 1540. The number of fused-ring (bicyclic) bond motifs is 3. The summed E-state index contributed by atoms with van der Waals surface area (Å²) in [6.07, 6.45) is 15.6. The number of allylic oxidation sites excluding steroid dienone is 13. The van der Waals surface area contributed by atoms with Gasteiger partial charge in [0.1, 0.15) is 0 Å². The van der Waals surface area contributed by atoms with Crippen LogP contribution < -0.4 is 10.7 Å². The first-order valence-electron chi connectivity index (χ1n) is 14.0. The van der Waals surface area contributed by atoms with Crippen molar-refractivity contribution in [3.63, 3.8) is 0 Å². The summed E-state index contributed by atoms with van der Waals surface area (Å²) in [6.45, 7) is 19.2. The molecule has 1 aromatic heterocycles. The third kappa shape index (κ3) is 7.26. The molecule has 2 aliphatic heterocycles. The van der Waals surface area contributed by atoms with Crippen LogP contribution in [0.2, 0.25) is 0 Å². The van der Waals surface area contributed by atoms with E-state index in [1.807, 2.05) is 6.92 Å². The monoisotopic (exact) mass is 524 g/mol. The van der Waals surface area contributed by atoms with Crippen molar-refractivity contribution in [2.45, 2.75) is 88.0 Å². The van der Waals surface area contributed by atoms with Gasteiger partial charge in [0.2, 0.25) is 0 Å². The summed E-state index contributed by atoms with van der Waals surface area (Å²) < 4.78 is 0. The first-order valence-corrected chi connectivity index (χ1v) is 14.0. The predicted octanol–water partition coefficient (Wildman–Crippen LogP) is 7.71. The molecule has 0 spiro atoms. The van der Waals surface area contributed by atoms with Gasteiger partial charge in [0.25, 0.3) is 0 Å². The minimum Gasteiger partial charge on any atom is -0.481 e. The van der Waals surface area contributed by atoms with Gasteiger partial charge in [0, 0.05) is 17.1 Å². The van der Waals surface area contributed by atoms with Crippen LogP contribution in [0.15, 0.2) is 91.2 Å². The van der Waals surface area contributed by atoms with Crippen LogP contribution in [0.25, 0.3) is 12.2 Å². The zero-order valence-electron chi connectivity index (χ0n) is 25.2. The first kappa shape index (κ1) is 29.9. The van der Waals surface area contributed by atoms with E-state index in [1.165, 1.54) is 22.3 Å². The van der Waals surface area contributed by atoms with Crippen molar-refractivity contribution in [1.29, 1.82) is 0 Å². The standard InChI is InChI=1S/C35H44N2O2/c1-10-12-31-22(4)15-23(5)32(13-14-35(38)39)27(9)28(11-2)19-29-16-25(7)34(36-29)20-30-17-24(6)33(37-30)18-21(3)26(31)8/h11,15-20,36H,10,12-14H2,1-9H3,(H,38,39)/b23-15+,26-21+,28-11+,29-19-,31-22+,32-27+,33-18-,34-20-. The number of aromatic amines is 1. The average Bonchev–Trinajstić information content (AvgIpc) is 3.39. The van der Waals surface area contributed by atoms with E-state index in [2.05, 4.69) is 103 Å². The maximum Gasteiger partial charge on any atom is 0.303 e. The van der Waals surface area contributed by atoms with E-state index in [1.54, 1.807) is 0 Å². The summed E-state index contributed by atoms with van der Waals surface area (Å²) in [5.74, 6) is -0.781. The summed E-state index contributed by atoms with van der Waals surface area (Å²) in [4.78, 5) is 20.1. The predicted molar refractivity (Wildman–Crippen MR) is 166 cm³/mol. The van der Waals surface area contributed by atoms with Crippen LogP contribution in [0.5, 0.6) is 0 Å². The number of hydrogen-bond donors (Lipinski definition) is 2. The third-order valence-corrected chi connectivity index (χ3v) is 7.77. The number of carboxylic acid groups (broad SMARTS) is 1. The number of aromatic nitrogens is 1. The topological polar surface area (TPSA) is 65.5 Å². The van der Waals surface area contributed by atoms with E-state index in [0.29, 0.717) is 6.42 Å². The number of nitrogens with zero attached hydrogens (tertiary/aromatic N) is 1. The lowest BCUT2D eigenvalue weighted by Gasteiger charge is -2.17. The van der Waals surface area contributed by atoms with Gasteiger partial charge in [-0.15, -0.1) is 0 Å². The highest BCUT2D eigenvalue weighted by Gasteiger charge is 2.14. The van der Waals surface area contributed by atoms with E-state index in [4.69, 9.17) is 4.99 Å². The SMILES string of the molecule is C/C=C1\C=c2\cc(C)/c([nH]2)=C/C2=NC(=C\C(C)=C(C)\C(CCC)=C(C)\C=C(C)\C(CCC(=O)O)=C\1C)/C(C)=C2. The summed E-state index contributed by atoms with van der Waals surface area (Å²) in [7, 11) is 0. The van der Waals surface area contributed by atoms with E-state index in [-0.39, 0.29) is 6.42 Å². The molecule has 0 saturated heterocycles. The van der Waals surface area contributed by atoms with Gasteiger partial charge in [-0.2, -0.15) is 0 Å². The molecule has 4 bridgehead atoms. The highest BCUT2D eigenvalue weighted by Crippen LogP contribution is 2.31. The summed E-state index contributed by atoms with van der Waals surface area (Å²) in [5.41, 5.74) is 13.7. The zero-order chi connectivity index (χ0) is 28.9. The number of carboxylic acids is 1. The molecule has 0 saturated carbocycles. The second-order valence-electron chi connectivity index (χ2n) is 10.8. The number of carbonyl (C=O) groups is 1. The largest absolute Gasteiger partial charge is 0.481 e. The van der Waals surface area contributed by atoms with E-state index in [0.717, 1.165) is 68.4 Å². The van der Waals surface area contributed by atoms with Crippen molar-refractivity contribution in [3.8, 4) is 0 Å². The lowest BCUT2D eigenvalue weighted by atomic mass is 9.89. The van der Waals surface area contributed by atoms with Crippen molar-refractivity contribution < 1.29 is 9.90 Å². The number of aliphatic carboxylic acids is 1. The molecule has 0 fully saturated rings. The number of aryl methyl sites for hydroxylation is 1. The number of H-pyrrole nitrogens is 1.